The van der Waals surface area contributed by atoms with E-state index in [0.717, 1.165) is 32.1 Å². The summed E-state index contributed by atoms with van der Waals surface area (Å²) in [4.78, 5) is 2.36. The van der Waals surface area contributed by atoms with Crippen LogP contribution in [0.1, 0.15) is 30.4 Å². The lowest BCUT2D eigenvalue weighted by Gasteiger charge is -2.16. The summed E-state index contributed by atoms with van der Waals surface area (Å²) < 4.78 is 51.4. The number of benzene rings is 1. The van der Waals surface area contributed by atoms with Gasteiger partial charge in [0.15, 0.2) is 0 Å². The fraction of sp³-hybridized carbons (Fsp3) is 0.600. The lowest BCUT2D eigenvalue weighted by Crippen LogP contribution is -2.25. The van der Waals surface area contributed by atoms with Gasteiger partial charge in [0.25, 0.3) is 0 Å². The Labute approximate surface area is 122 Å². The Hall–Kier alpha value is -1.14. The van der Waals surface area contributed by atoms with E-state index in [1.54, 1.807) is 0 Å². The van der Waals surface area contributed by atoms with Crippen molar-refractivity contribution >= 4 is 0 Å². The van der Waals surface area contributed by atoms with Crippen LogP contribution in [0.15, 0.2) is 18.2 Å². The zero-order valence-corrected chi connectivity index (χ0v) is 11.8. The minimum Gasteiger partial charge on any atom is -0.313 e. The SMILES string of the molecule is Fc1ccc(CNCCCN2CCCC2)c(C(F)(F)F)c1. The normalized spacial score (nSPS) is 16.6. The predicted octanol–water partition coefficient (Wildman–Crippen LogP) is 3.42. The van der Waals surface area contributed by atoms with Gasteiger partial charge in [-0.2, -0.15) is 13.2 Å². The van der Waals surface area contributed by atoms with Crippen molar-refractivity contribution in [2.75, 3.05) is 26.2 Å². The van der Waals surface area contributed by atoms with Crippen molar-refractivity contribution in [2.45, 2.75) is 32.0 Å². The number of rotatable bonds is 6. The number of halogens is 4. The Kier molecular flexibility index (Phi) is 5.58. The van der Waals surface area contributed by atoms with Crippen molar-refractivity contribution in [3.05, 3.63) is 35.1 Å². The van der Waals surface area contributed by atoms with Crippen LogP contribution in [0.2, 0.25) is 0 Å². The van der Waals surface area contributed by atoms with E-state index < -0.39 is 17.6 Å². The predicted molar refractivity (Wildman–Crippen MR) is 73.4 cm³/mol. The van der Waals surface area contributed by atoms with Crippen molar-refractivity contribution in [1.82, 2.24) is 10.2 Å². The zero-order chi connectivity index (χ0) is 15.3. The molecular formula is C15H20F4N2. The van der Waals surface area contributed by atoms with Gasteiger partial charge in [-0.1, -0.05) is 6.07 Å². The monoisotopic (exact) mass is 304 g/mol. The summed E-state index contributed by atoms with van der Waals surface area (Å²) >= 11 is 0. The highest BCUT2D eigenvalue weighted by molar-refractivity contribution is 5.30. The standard InChI is InChI=1S/C15H20F4N2/c16-13-5-4-12(14(10-13)15(17,18)19)11-20-6-3-9-21-7-1-2-8-21/h4-5,10,20H,1-3,6-9,11H2. The number of hydrogen-bond donors (Lipinski definition) is 1. The Bertz CT molecular complexity index is 453. The van der Waals surface area contributed by atoms with Gasteiger partial charge >= 0.3 is 6.18 Å². The maximum atomic E-state index is 13.0. The Morgan fingerprint density at radius 3 is 2.52 bits per heavy atom. The van der Waals surface area contributed by atoms with Crippen molar-refractivity contribution in [3.63, 3.8) is 0 Å². The lowest BCUT2D eigenvalue weighted by molar-refractivity contribution is -0.138. The molecule has 1 fully saturated rings. The molecule has 1 N–H and O–H groups in total. The molecule has 0 amide bonds. The summed E-state index contributed by atoms with van der Waals surface area (Å²) in [6.07, 6.45) is -1.15. The van der Waals surface area contributed by atoms with E-state index in [0.29, 0.717) is 12.6 Å². The van der Waals surface area contributed by atoms with Crippen molar-refractivity contribution in [2.24, 2.45) is 0 Å². The van der Waals surface area contributed by atoms with Gasteiger partial charge in [0, 0.05) is 6.54 Å². The molecule has 1 aliphatic heterocycles. The molecule has 0 aromatic heterocycles. The van der Waals surface area contributed by atoms with Gasteiger partial charge in [0.2, 0.25) is 0 Å². The van der Waals surface area contributed by atoms with Crippen LogP contribution in [-0.2, 0) is 12.7 Å². The van der Waals surface area contributed by atoms with Crippen molar-refractivity contribution in [1.29, 1.82) is 0 Å². The minimum atomic E-state index is -4.52. The first kappa shape index (κ1) is 16.2. The molecule has 2 rings (SSSR count). The summed E-state index contributed by atoms with van der Waals surface area (Å²) in [6, 6.07) is 2.82. The van der Waals surface area contributed by atoms with Crippen LogP contribution >= 0.6 is 0 Å². The molecule has 0 radical (unpaired) electrons. The summed E-state index contributed by atoms with van der Waals surface area (Å²) in [5.74, 6) is -0.861. The molecule has 0 saturated carbocycles. The topological polar surface area (TPSA) is 15.3 Å². The molecule has 1 aromatic rings. The first-order valence-corrected chi connectivity index (χ1v) is 7.25. The third-order valence-electron chi connectivity index (χ3n) is 3.72. The van der Waals surface area contributed by atoms with Crippen LogP contribution in [0.3, 0.4) is 0 Å². The smallest absolute Gasteiger partial charge is 0.313 e. The molecular weight excluding hydrogens is 284 g/mol. The number of likely N-dealkylation sites (tertiary alicyclic amines) is 1. The van der Waals surface area contributed by atoms with Gasteiger partial charge in [0.05, 0.1) is 5.56 Å². The van der Waals surface area contributed by atoms with Gasteiger partial charge in [-0.05, 0) is 63.1 Å². The molecule has 21 heavy (non-hydrogen) atoms. The fourth-order valence-corrected chi connectivity index (χ4v) is 2.62. The highest BCUT2D eigenvalue weighted by Gasteiger charge is 2.33. The van der Waals surface area contributed by atoms with Crippen molar-refractivity contribution < 1.29 is 17.6 Å². The maximum Gasteiger partial charge on any atom is 0.416 e. The van der Waals surface area contributed by atoms with Crippen LogP contribution in [0.4, 0.5) is 17.6 Å². The van der Waals surface area contributed by atoms with Gasteiger partial charge in [-0.15, -0.1) is 0 Å². The number of alkyl halides is 3. The Balaban J connectivity index is 1.79. The van der Waals surface area contributed by atoms with E-state index in [4.69, 9.17) is 0 Å². The molecule has 6 heteroatoms. The first-order valence-electron chi connectivity index (χ1n) is 7.25. The Morgan fingerprint density at radius 2 is 1.86 bits per heavy atom. The van der Waals surface area contributed by atoms with Gasteiger partial charge < -0.3 is 10.2 Å². The molecule has 2 nitrogen and oxygen atoms in total. The average molecular weight is 304 g/mol. The molecule has 0 atom stereocenters. The van der Waals surface area contributed by atoms with E-state index in [9.17, 15) is 17.6 Å². The summed E-state index contributed by atoms with van der Waals surface area (Å²) in [6.45, 7) is 3.98. The van der Waals surface area contributed by atoms with Crippen LogP contribution < -0.4 is 5.32 Å². The lowest BCUT2D eigenvalue weighted by atomic mass is 10.1. The summed E-state index contributed by atoms with van der Waals surface area (Å²) in [7, 11) is 0. The quantitative estimate of drug-likeness (QED) is 0.640. The first-order chi connectivity index (χ1) is 9.97. The molecule has 0 unspecified atom stereocenters. The molecule has 1 aromatic carbocycles. The van der Waals surface area contributed by atoms with Crippen LogP contribution in [0, 0.1) is 5.82 Å². The molecule has 0 spiro atoms. The van der Waals surface area contributed by atoms with Crippen LogP contribution in [0.25, 0.3) is 0 Å². The maximum absolute atomic E-state index is 13.0. The third kappa shape index (κ3) is 4.97. The van der Waals surface area contributed by atoms with Gasteiger partial charge in [0.1, 0.15) is 5.82 Å². The molecule has 1 saturated heterocycles. The van der Waals surface area contributed by atoms with Gasteiger partial charge in [-0.25, -0.2) is 4.39 Å². The number of nitrogens with zero attached hydrogens (tertiary/aromatic N) is 1. The fourth-order valence-electron chi connectivity index (χ4n) is 2.62. The second kappa shape index (κ2) is 7.22. The summed E-state index contributed by atoms with van der Waals surface area (Å²) in [5, 5.41) is 3.01. The highest BCUT2D eigenvalue weighted by Crippen LogP contribution is 2.32. The second-order valence-corrected chi connectivity index (χ2v) is 5.38. The van der Waals surface area contributed by atoms with E-state index in [1.165, 1.54) is 18.9 Å². The van der Waals surface area contributed by atoms with Crippen molar-refractivity contribution in [3.8, 4) is 0 Å². The highest BCUT2D eigenvalue weighted by atomic mass is 19.4. The van der Waals surface area contributed by atoms with E-state index >= 15 is 0 Å². The van der Waals surface area contributed by atoms with Crippen LogP contribution in [0.5, 0.6) is 0 Å². The molecule has 118 valence electrons. The molecule has 0 aliphatic carbocycles. The Morgan fingerprint density at radius 1 is 1.14 bits per heavy atom. The van der Waals surface area contributed by atoms with E-state index in [-0.39, 0.29) is 12.1 Å². The molecule has 1 heterocycles. The van der Waals surface area contributed by atoms with Crippen LogP contribution in [-0.4, -0.2) is 31.1 Å². The second-order valence-electron chi connectivity index (χ2n) is 5.38. The largest absolute Gasteiger partial charge is 0.416 e. The zero-order valence-electron chi connectivity index (χ0n) is 11.8. The average Bonchev–Trinajstić information content (AvgIpc) is 2.92. The minimum absolute atomic E-state index is 0.0880. The summed E-state index contributed by atoms with van der Waals surface area (Å²) in [5.41, 5.74) is -0.806. The number of hydrogen-bond acceptors (Lipinski definition) is 2. The van der Waals surface area contributed by atoms with Gasteiger partial charge in [-0.3, -0.25) is 0 Å². The molecule has 1 aliphatic rings. The van der Waals surface area contributed by atoms with E-state index in [2.05, 4.69) is 10.2 Å². The molecule has 0 bridgehead atoms. The number of nitrogens with one attached hydrogen (secondary N) is 1. The van der Waals surface area contributed by atoms with E-state index in [1.807, 2.05) is 0 Å². The third-order valence-corrected chi connectivity index (χ3v) is 3.72.